The Bertz CT molecular complexity index is 888. The van der Waals surface area contributed by atoms with Crippen LogP contribution in [-0.2, 0) is 16.6 Å². The summed E-state index contributed by atoms with van der Waals surface area (Å²) in [7, 11) is -3.39. The molecule has 1 heterocycles. The Morgan fingerprint density at radius 1 is 1.42 bits per heavy atom. The maximum absolute atomic E-state index is 12.3. The van der Waals surface area contributed by atoms with Gasteiger partial charge < -0.3 is 9.47 Å². The minimum atomic E-state index is -4.44. The lowest BCUT2D eigenvalue weighted by Gasteiger charge is -2.23. The first-order valence-electron chi connectivity index (χ1n) is 7.50. The number of rotatable bonds is 3. The molecular weight excluding hydrogens is 362 g/mol. The number of fused-ring (bicyclic) bond motifs is 1. The van der Waals surface area contributed by atoms with Crippen molar-refractivity contribution in [3.8, 4) is 23.8 Å². The lowest BCUT2D eigenvalue weighted by atomic mass is 10.0. The summed E-state index contributed by atoms with van der Waals surface area (Å²) in [4.78, 5) is 24.9. The maximum atomic E-state index is 12.3. The molecule has 0 bridgehead atoms. The van der Waals surface area contributed by atoms with Crippen LogP contribution in [0.4, 0.5) is 9.59 Å². The van der Waals surface area contributed by atoms with Gasteiger partial charge in [-0.25, -0.2) is 19.6 Å². The molecule has 2 rings (SSSR count). The van der Waals surface area contributed by atoms with Crippen molar-refractivity contribution in [1.82, 2.24) is 9.21 Å². The van der Waals surface area contributed by atoms with Gasteiger partial charge in [-0.3, -0.25) is 0 Å². The van der Waals surface area contributed by atoms with E-state index in [0.29, 0.717) is 17.1 Å². The Morgan fingerprint density at radius 2 is 2.08 bits per heavy atom. The fourth-order valence-electron chi connectivity index (χ4n) is 2.43. The minimum absolute atomic E-state index is 0.122. The van der Waals surface area contributed by atoms with E-state index in [1.54, 1.807) is 6.07 Å². The Morgan fingerprint density at radius 3 is 2.65 bits per heavy atom. The molecule has 0 saturated carbocycles. The van der Waals surface area contributed by atoms with Gasteiger partial charge in [0.25, 0.3) is 0 Å². The molecule has 0 unspecified atom stereocenters. The zero-order valence-corrected chi connectivity index (χ0v) is 15.4. The molecule has 1 aromatic rings. The van der Waals surface area contributed by atoms with Crippen molar-refractivity contribution in [3.05, 3.63) is 23.8 Å². The van der Waals surface area contributed by atoms with Crippen LogP contribution in [0.25, 0.3) is 0 Å². The van der Waals surface area contributed by atoms with Gasteiger partial charge in [-0.2, -0.15) is 12.7 Å². The van der Waals surface area contributed by atoms with E-state index in [1.807, 2.05) is 25.8 Å². The normalized spacial score (nSPS) is 14.6. The number of benzene rings is 1. The van der Waals surface area contributed by atoms with E-state index in [1.165, 1.54) is 6.07 Å². The molecule has 26 heavy (non-hydrogen) atoms. The van der Waals surface area contributed by atoms with Crippen molar-refractivity contribution in [1.29, 1.82) is 0 Å². The van der Waals surface area contributed by atoms with Crippen molar-refractivity contribution in [3.63, 3.8) is 0 Å². The van der Waals surface area contributed by atoms with Gasteiger partial charge in [-0.1, -0.05) is 18.1 Å². The number of para-hydroxylation sites is 1. The molecule has 1 aromatic carbocycles. The fourth-order valence-corrected chi connectivity index (χ4v) is 3.02. The van der Waals surface area contributed by atoms with Gasteiger partial charge in [0.05, 0.1) is 0 Å². The van der Waals surface area contributed by atoms with Gasteiger partial charge >= 0.3 is 22.3 Å². The summed E-state index contributed by atoms with van der Waals surface area (Å²) in [5.41, 5.74) is 0.400. The monoisotopic (exact) mass is 381 g/mol. The molecular formula is C16H19N3O6S. The summed E-state index contributed by atoms with van der Waals surface area (Å²) < 4.78 is 34.1. The molecule has 0 saturated heterocycles. The van der Waals surface area contributed by atoms with E-state index < -0.39 is 34.5 Å². The molecule has 140 valence electrons. The predicted molar refractivity (Wildman–Crippen MR) is 92.7 cm³/mol. The number of hydrogen-bond donors (Lipinski definition) is 1. The van der Waals surface area contributed by atoms with Crippen molar-refractivity contribution in [2.24, 2.45) is 5.14 Å². The molecule has 0 spiro atoms. The topological polar surface area (TPSA) is 119 Å². The van der Waals surface area contributed by atoms with E-state index >= 15 is 0 Å². The molecule has 3 amide bonds. The molecule has 1 aliphatic heterocycles. The van der Waals surface area contributed by atoms with Crippen LogP contribution in [0.2, 0.25) is 0 Å². The smallest absolute Gasteiger partial charge is 0.423 e. The van der Waals surface area contributed by atoms with Crippen LogP contribution in [0.15, 0.2) is 18.2 Å². The van der Waals surface area contributed by atoms with Crippen molar-refractivity contribution >= 4 is 22.3 Å². The average Bonchev–Trinajstić information content (AvgIpc) is 2.85. The number of nitrogens with zero attached hydrogens (tertiary/aromatic N) is 2. The third-order valence-corrected chi connectivity index (χ3v) is 4.47. The van der Waals surface area contributed by atoms with Gasteiger partial charge in [-0.15, -0.1) is 6.42 Å². The van der Waals surface area contributed by atoms with Crippen LogP contribution in [0.5, 0.6) is 11.5 Å². The third kappa shape index (κ3) is 4.07. The molecule has 0 aromatic heterocycles. The summed E-state index contributed by atoms with van der Waals surface area (Å²) in [6.07, 6.45) is 4.56. The molecule has 0 atom stereocenters. The molecule has 2 N–H and O–H groups in total. The Labute approximate surface area is 151 Å². The quantitative estimate of drug-likeness (QED) is 0.783. The Hall–Kier alpha value is -2.77. The number of carbonyl (C=O) groups excluding carboxylic acids is 2. The largest absolute Gasteiger partial charge is 0.483 e. The van der Waals surface area contributed by atoms with Gasteiger partial charge in [0.15, 0.2) is 11.5 Å². The highest BCUT2D eigenvalue weighted by molar-refractivity contribution is 7.87. The lowest BCUT2D eigenvalue weighted by Crippen LogP contribution is -2.50. The van der Waals surface area contributed by atoms with Crippen LogP contribution in [0.3, 0.4) is 0 Å². The number of ether oxygens (including phenoxy) is 2. The third-order valence-electron chi connectivity index (χ3n) is 3.57. The SMILES string of the molecule is C#CCN(C(=O)N(C)C(=O)Oc1cccc2c1OC(C)(C)C2)S(N)(=O)=O. The lowest BCUT2D eigenvalue weighted by molar-refractivity contribution is 0.128. The number of hydrogen-bond acceptors (Lipinski definition) is 6. The summed E-state index contributed by atoms with van der Waals surface area (Å²) in [5.74, 6) is 2.51. The summed E-state index contributed by atoms with van der Waals surface area (Å²) in [6.45, 7) is 3.16. The van der Waals surface area contributed by atoms with E-state index in [4.69, 9.17) is 21.0 Å². The highest BCUT2D eigenvalue weighted by Crippen LogP contribution is 2.41. The van der Waals surface area contributed by atoms with Gasteiger partial charge in [0.2, 0.25) is 0 Å². The molecule has 0 aliphatic carbocycles. The van der Waals surface area contributed by atoms with Crippen molar-refractivity contribution in [2.45, 2.75) is 25.9 Å². The highest BCUT2D eigenvalue weighted by atomic mass is 32.2. The molecule has 10 heteroatoms. The highest BCUT2D eigenvalue weighted by Gasteiger charge is 2.34. The first kappa shape index (κ1) is 19.6. The Kier molecular flexibility index (Phi) is 5.16. The molecule has 0 fully saturated rings. The van der Waals surface area contributed by atoms with Crippen molar-refractivity contribution in [2.75, 3.05) is 13.6 Å². The first-order valence-corrected chi connectivity index (χ1v) is 9.01. The standard InChI is InChI=1S/C16H19N3O6S/c1-5-9-19(26(17,22)23)14(20)18(4)15(21)24-12-8-6-7-11-10-16(2,3)25-13(11)12/h1,6-8H,9-10H2,2-4H3,(H2,17,22,23). The van der Waals surface area contributed by atoms with E-state index in [9.17, 15) is 18.0 Å². The summed E-state index contributed by atoms with van der Waals surface area (Å²) >= 11 is 0. The van der Waals surface area contributed by atoms with E-state index in [-0.39, 0.29) is 10.1 Å². The van der Waals surface area contributed by atoms with Crippen LogP contribution in [-0.4, -0.2) is 48.9 Å². The van der Waals surface area contributed by atoms with E-state index in [0.717, 1.165) is 12.6 Å². The maximum Gasteiger partial charge on any atom is 0.423 e. The first-order chi connectivity index (χ1) is 12.0. The molecule has 0 radical (unpaired) electrons. The summed E-state index contributed by atoms with van der Waals surface area (Å²) in [5, 5.41) is 4.94. The second-order valence-corrected chi connectivity index (χ2v) is 7.72. The Balaban J connectivity index is 2.20. The molecule has 9 nitrogen and oxygen atoms in total. The minimum Gasteiger partial charge on any atom is -0.483 e. The number of imide groups is 1. The number of urea groups is 1. The number of terminal acetylenes is 1. The average molecular weight is 381 g/mol. The van der Waals surface area contributed by atoms with Gasteiger partial charge in [0, 0.05) is 19.0 Å². The summed E-state index contributed by atoms with van der Waals surface area (Å²) in [6, 6.07) is 3.80. The van der Waals surface area contributed by atoms with Crippen molar-refractivity contribution < 1.29 is 27.5 Å². The molecule has 1 aliphatic rings. The van der Waals surface area contributed by atoms with Gasteiger partial charge in [-0.05, 0) is 19.9 Å². The van der Waals surface area contributed by atoms with Crippen LogP contribution in [0.1, 0.15) is 19.4 Å². The second-order valence-electron chi connectivity index (χ2n) is 6.25. The second kappa shape index (κ2) is 6.86. The number of carbonyl (C=O) groups is 2. The fraction of sp³-hybridized carbons (Fsp3) is 0.375. The van der Waals surface area contributed by atoms with Crippen LogP contribution >= 0.6 is 0 Å². The van der Waals surface area contributed by atoms with E-state index in [2.05, 4.69) is 0 Å². The number of amides is 3. The predicted octanol–water partition coefficient (Wildman–Crippen LogP) is 1.09. The van der Waals surface area contributed by atoms with Crippen LogP contribution in [0, 0.1) is 12.3 Å². The van der Waals surface area contributed by atoms with Crippen LogP contribution < -0.4 is 14.6 Å². The zero-order chi connectivity index (χ0) is 19.7. The zero-order valence-electron chi connectivity index (χ0n) is 14.6. The number of nitrogens with two attached hydrogens (primary N) is 1. The van der Waals surface area contributed by atoms with Gasteiger partial charge in [0.1, 0.15) is 12.1 Å².